The lowest BCUT2D eigenvalue weighted by atomic mass is 9.97. The molecule has 2 N–H and O–H groups in total. The summed E-state index contributed by atoms with van der Waals surface area (Å²) >= 11 is 0. The van der Waals surface area contributed by atoms with E-state index in [9.17, 15) is 0 Å². The molecule has 6 heteroatoms. The minimum absolute atomic E-state index is 0.561. The normalized spacial score (nSPS) is 18.4. The number of hydrogen-bond donors (Lipinski definition) is 2. The third kappa shape index (κ3) is 6.61. The Kier molecular flexibility index (Phi) is 8.72. The molecular formula is C21H36N4O2. The van der Waals surface area contributed by atoms with E-state index in [4.69, 9.17) is 14.5 Å². The van der Waals surface area contributed by atoms with Crippen molar-refractivity contribution in [3.63, 3.8) is 0 Å². The monoisotopic (exact) mass is 376 g/mol. The van der Waals surface area contributed by atoms with Gasteiger partial charge in [-0.05, 0) is 58.2 Å². The maximum absolute atomic E-state index is 5.47. The average Bonchev–Trinajstić information content (AvgIpc) is 2.70. The molecule has 1 unspecified atom stereocenters. The molecule has 0 bridgehead atoms. The Morgan fingerprint density at radius 2 is 2.07 bits per heavy atom. The maximum Gasteiger partial charge on any atom is 0.191 e. The summed E-state index contributed by atoms with van der Waals surface area (Å²) in [5.74, 6) is 3.11. The van der Waals surface area contributed by atoms with Crippen molar-refractivity contribution in [1.29, 1.82) is 0 Å². The van der Waals surface area contributed by atoms with Crippen LogP contribution in [-0.4, -0.2) is 57.3 Å². The molecule has 1 aromatic carbocycles. The number of ether oxygens (including phenoxy) is 2. The highest BCUT2D eigenvalue weighted by Gasteiger charge is 2.21. The van der Waals surface area contributed by atoms with Crippen molar-refractivity contribution < 1.29 is 9.47 Å². The molecular weight excluding hydrogens is 340 g/mol. The first-order chi connectivity index (χ1) is 13.1. The van der Waals surface area contributed by atoms with Gasteiger partial charge in [0.05, 0.1) is 20.8 Å². The van der Waals surface area contributed by atoms with Gasteiger partial charge >= 0.3 is 0 Å². The van der Waals surface area contributed by atoms with Crippen LogP contribution in [0.4, 0.5) is 0 Å². The summed E-state index contributed by atoms with van der Waals surface area (Å²) in [5.41, 5.74) is 1.04. The van der Waals surface area contributed by atoms with Crippen LogP contribution in [0.2, 0.25) is 0 Å². The van der Waals surface area contributed by atoms with Gasteiger partial charge in [0.1, 0.15) is 11.5 Å². The number of likely N-dealkylation sites (tertiary alicyclic amines) is 1. The quantitative estimate of drug-likeness (QED) is 0.540. The van der Waals surface area contributed by atoms with Crippen LogP contribution in [0.3, 0.4) is 0 Å². The Balaban J connectivity index is 1.96. The van der Waals surface area contributed by atoms with Gasteiger partial charge in [-0.3, -0.25) is 0 Å². The maximum atomic E-state index is 5.47. The Labute approximate surface area is 164 Å². The van der Waals surface area contributed by atoms with Crippen molar-refractivity contribution in [1.82, 2.24) is 15.5 Å². The third-order valence-corrected chi connectivity index (χ3v) is 5.08. The predicted octanol–water partition coefficient (Wildman–Crippen LogP) is 2.88. The van der Waals surface area contributed by atoms with E-state index in [1.807, 2.05) is 18.2 Å². The highest BCUT2D eigenvalue weighted by atomic mass is 16.5. The van der Waals surface area contributed by atoms with Crippen molar-refractivity contribution >= 4 is 5.96 Å². The van der Waals surface area contributed by atoms with Gasteiger partial charge in [-0.15, -0.1) is 0 Å². The summed E-state index contributed by atoms with van der Waals surface area (Å²) in [6.07, 6.45) is 2.56. The van der Waals surface area contributed by atoms with Gasteiger partial charge in [0.25, 0.3) is 0 Å². The molecule has 1 aliphatic rings. The molecule has 6 nitrogen and oxygen atoms in total. The van der Waals surface area contributed by atoms with E-state index in [0.29, 0.717) is 18.5 Å². The lowest BCUT2D eigenvalue weighted by Gasteiger charge is -2.35. The minimum Gasteiger partial charge on any atom is -0.497 e. The number of guanidine groups is 1. The summed E-state index contributed by atoms with van der Waals surface area (Å²) in [6, 6.07) is 6.47. The summed E-state index contributed by atoms with van der Waals surface area (Å²) < 4.78 is 10.7. The zero-order valence-electron chi connectivity index (χ0n) is 17.5. The van der Waals surface area contributed by atoms with Crippen molar-refractivity contribution in [2.24, 2.45) is 10.9 Å². The second kappa shape index (κ2) is 11.0. The van der Waals surface area contributed by atoms with Gasteiger partial charge < -0.3 is 25.0 Å². The van der Waals surface area contributed by atoms with Crippen molar-refractivity contribution in [3.05, 3.63) is 23.8 Å². The molecule has 0 amide bonds. The van der Waals surface area contributed by atoms with Crippen LogP contribution in [0.5, 0.6) is 11.5 Å². The van der Waals surface area contributed by atoms with E-state index < -0.39 is 0 Å². The molecule has 0 aromatic heterocycles. The second-order valence-electron chi connectivity index (χ2n) is 7.35. The highest BCUT2D eigenvalue weighted by Crippen LogP contribution is 2.25. The largest absolute Gasteiger partial charge is 0.497 e. The second-order valence-corrected chi connectivity index (χ2v) is 7.35. The Morgan fingerprint density at radius 1 is 1.26 bits per heavy atom. The minimum atomic E-state index is 0.561. The van der Waals surface area contributed by atoms with Crippen LogP contribution < -0.4 is 20.1 Å². The molecule has 0 aliphatic carbocycles. The summed E-state index contributed by atoms with van der Waals surface area (Å²) in [7, 11) is 3.33. The smallest absolute Gasteiger partial charge is 0.191 e. The number of piperidine rings is 1. The number of nitrogens with one attached hydrogen (secondary N) is 2. The number of rotatable bonds is 8. The SMILES string of the molecule is CCNC(=NCc1ccc(OC)cc1OC)NCC1CCCN(C(C)C)C1. The molecule has 0 radical (unpaired) electrons. The van der Waals surface area contributed by atoms with E-state index in [2.05, 4.69) is 36.3 Å². The fourth-order valence-corrected chi connectivity index (χ4v) is 3.46. The fraction of sp³-hybridized carbons (Fsp3) is 0.667. The molecule has 152 valence electrons. The van der Waals surface area contributed by atoms with Crippen LogP contribution in [0.1, 0.15) is 39.2 Å². The average molecular weight is 377 g/mol. The first-order valence-electron chi connectivity index (χ1n) is 10.0. The standard InChI is InChI=1S/C21H36N4O2/c1-6-22-21(23-13-17-8-7-11-25(15-17)16(2)3)24-14-18-9-10-19(26-4)12-20(18)27-5/h9-10,12,16-17H,6-8,11,13-15H2,1-5H3,(H2,22,23,24). The molecule has 2 rings (SSSR count). The topological polar surface area (TPSA) is 58.1 Å². The van der Waals surface area contributed by atoms with E-state index >= 15 is 0 Å². The van der Waals surface area contributed by atoms with Gasteiger partial charge in [0.15, 0.2) is 5.96 Å². The summed E-state index contributed by atoms with van der Waals surface area (Å²) in [4.78, 5) is 7.32. The lowest BCUT2D eigenvalue weighted by Crippen LogP contribution is -2.46. The zero-order chi connectivity index (χ0) is 19.6. The summed E-state index contributed by atoms with van der Waals surface area (Å²) in [5, 5.41) is 6.87. The molecule has 1 aromatic rings. The number of benzene rings is 1. The molecule has 1 saturated heterocycles. The molecule has 0 spiro atoms. The van der Waals surface area contributed by atoms with Gasteiger partial charge in [-0.25, -0.2) is 4.99 Å². The van der Waals surface area contributed by atoms with Crippen LogP contribution >= 0.6 is 0 Å². The Bertz CT molecular complexity index is 604. The summed E-state index contributed by atoms with van der Waals surface area (Å²) in [6.45, 7) is 11.4. The number of nitrogens with zero attached hydrogens (tertiary/aromatic N) is 2. The van der Waals surface area contributed by atoms with Crippen molar-refractivity contribution in [2.45, 2.75) is 46.2 Å². The van der Waals surface area contributed by atoms with Gasteiger partial charge in [-0.2, -0.15) is 0 Å². The van der Waals surface area contributed by atoms with Crippen LogP contribution in [-0.2, 0) is 6.54 Å². The van der Waals surface area contributed by atoms with Gasteiger partial charge in [-0.1, -0.05) is 0 Å². The number of aliphatic imine (C=N–C) groups is 1. The van der Waals surface area contributed by atoms with Crippen LogP contribution in [0, 0.1) is 5.92 Å². The highest BCUT2D eigenvalue weighted by molar-refractivity contribution is 5.79. The molecule has 1 atom stereocenters. The number of methoxy groups -OCH3 is 2. The van der Waals surface area contributed by atoms with E-state index in [1.54, 1.807) is 14.2 Å². The molecule has 1 aliphatic heterocycles. The zero-order valence-corrected chi connectivity index (χ0v) is 17.5. The predicted molar refractivity (Wildman–Crippen MR) is 112 cm³/mol. The van der Waals surface area contributed by atoms with Gasteiger partial charge in [0, 0.05) is 37.3 Å². The van der Waals surface area contributed by atoms with Crippen molar-refractivity contribution in [2.75, 3.05) is 40.4 Å². The first kappa shape index (κ1) is 21.4. The van der Waals surface area contributed by atoms with E-state index in [1.165, 1.54) is 19.4 Å². The Hall–Kier alpha value is -1.95. The molecule has 1 heterocycles. The lowest BCUT2D eigenvalue weighted by molar-refractivity contribution is 0.141. The van der Waals surface area contributed by atoms with E-state index in [0.717, 1.165) is 42.7 Å². The van der Waals surface area contributed by atoms with Crippen LogP contribution in [0.15, 0.2) is 23.2 Å². The third-order valence-electron chi connectivity index (χ3n) is 5.08. The van der Waals surface area contributed by atoms with Crippen molar-refractivity contribution in [3.8, 4) is 11.5 Å². The Morgan fingerprint density at radius 3 is 2.74 bits per heavy atom. The number of hydrogen-bond acceptors (Lipinski definition) is 4. The molecule has 0 saturated carbocycles. The van der Waals surface area contributed by atoms with E-state index in [-0.39, 0.29) is 0 Å². The first-order valence-corrected chi connectivity index (χ1v) is 10.0. The van der Waals surface area contributed by atoms with Crippen LogP contribution in [0.25, 0.3) is 0 Å². The fourth-order valence-electron chi connectivity index (χ4n) is 3.46. The van der Waals surface area contributed by atoms with Gasteiger partial charge in [0.2, 0.25) is 0 Å². The molecule has 1 fully saturated rings. The molecule has 27 heavy (non-hydrogen) atoms.